The fourth-order valence-electron chi connectivity index (χ4n) is 2.52. The summed E-state index contributed by atoms with van der Waals surface area (Å²) in [5, 5.41) is 9.18. The predicted molar refractivity (Wildman–Crippen MR) is 68.2 cm³/mol. The smallest absolute Gasteiger partial charge is 0.240 e. The van der Waals surface area contributed by atoms with E-state index in [1.54, 1.807) is 0 Å². The molecule has 1 saturated heterocycles. The minimum absolute atomic E-state index is 0.0865. The van der Waals surface area contributed by atoms with Gasteiger partial charge in [0.1, 0.15) is 5.75 Å². The minimum Gasteiger partial charge on any atom is -0.508 e. The summed E-state index contributed by atoms with van der Waals surface area (Å²) in [4.78, 5) is 25.3. The number of benzene rings is 1. The highest BCUT2D eigenvalue weighted by molar-refractivity contribution is 6.22. The highest BCUT2D eigenvalue weighted by Crippen LogP contribution is 2.42. The summed E-state index contributed by atoms with van der Waals surface area (Å²) in [5.41, 5.74) is -0.807. The van der Waals surface area contributed by atoms with Crippen LogP contribution in [-0.2, 0) is 9.59 Å². The van der Waals surface area contributed by atoms with Gasteiger partial charge < -0.3 is 5.11 Å². The standard InChI is InChI=1S/C14H16FNO3/c1-3-14(4-2)8-12(18)16(13(14)19)11-6-5-9(17)7-10(11)15/h5-7,17H,3-4,8H2,1-2H3. The van der Waals surface area contributed by atoms with Crippen LogP contribution in [0.4, 0.5) is 10.1 Å². The first-order chi connectivity index (χ1) is 8.95. The maximum Gasteiger partial charge on any atom is 0.240 e. The molecule has 1 aromatic rings. The van der Waals surface area contributed by atoms with Gasteiger partial charge in [-0.3, -0.25) is 9.59 Å². The van der Waals surface area contributed by atoms with Gasteiger partial charge in [0.15, 0.2) is 5.82 Å². The maximum atomic E-state index is 13.8. The lowest BCUT2D eigenvalue weighted by Gasteiger charge is -2.23. The van der Waals surface area contributed by atoms with Gasteiger partial charge in [0.2, 0.25) is 11.8 Å². The van der Waals surface area contributed by atoms with Crippen LogP contribution in [-0.4, -0.2) is 16.9 Å². The molecule has 2 amide bonds. The second-order valence-corrected chi connectivity index (χ2v) is 4.83. The lowest BCUT2D eigenvalue weighted by Crippen LogP contribution is -2.35. The molecule has 102 valence electrons. The monoisotopic (exact) mass is 265 g/mol. The van der Waals surface area contributed by atoms with E-state index in [1.807, 2.05) is 13.8 Å². The normalized spacial score (nSPS) is 18.2. The second-order valence-electron chi connectivity index (χ2n) is 4.83. The molecule has 1 aliphatic heterocycles. The van der Waals surface area contributed by atoms with E-state index >= 15 is 0 Å². The Kier molecular flexibility index (Phi) is 3.30. The topological polar surface area (TPSA) is 57.6 Å². The summed E-state index contributed by atoms with van der Waals surface area (Å²) >= 11 is 0. The SMILES string of the molecule is CCC1(CC)CC(=O)N(c2ccc(O)cc2F)C1=O. The van der Waals surface area contributed by atoms with E-state index in [0.717, 1.165) is 11.0 Å². The van der Waals surface area contributed by atoms with Crippen LogP contribution in [0, 0.1) is 11.2 Å². The molecule has 1 N–H and O–H groups in total. The van der Waals surface area contributed by atoms with Crippen LogP contribution in [0.2, 0.25) is 0 Å². The Bertz CT molecular complexity index is 537. The molecule has 0 atom stereocenters. The zero-order valence-electron chi connectivity index (χ0n) is 10.9. The molecule has 0 bridgehead atoms. The van der Waals surface area contributed by atoms with Crippen molar-refractivity contribution in [1.29, 1.82) is 0 Å². The van der Waals surface area contributed by atoms with Crippen LogP contribution in [0.25, 0.3) is 0 Å². The van der Waals surface area contributed by atoms with E-state index in [4.69, 9.17) is 0 Å². The van der Waals surface area contributed by atoms with Crippen LogP contribution in [0.5, 0.6) is 5.75 Å². The number of carbonyl (C=O) groups is 2. The lowest BCUT2D eigenvalue weighted by molar-refractivity contribution is -0.126. The van der Waals surface area contributed by atoms with Crippen molar-refractivity contribution >= 4 is 17.5 Å². The predicted octanol–water partition coefficient (Wildman–Crippen LogP) is 2.60. The molecule has 0 radical (unpaired) electrons. The number of phenols is 1. The van der Waals surface area contributed by atoms with E-state index in [9.17, 15) is 19.1 Å². The number of amides is 2. The number of anilines is 1. The molecule has 0 unspecified atom stereocenters. The number of hydrogen-bond acceptors (Lipinski definition) is 3. The highest BCUT2D eigenvalue weighted by atomic mass is 19.1. The quantitative estimate of drug-likeness (QED) is 0.855. The fourth-order valence-corrected chi connectivity index (χ4v) is 2.52. The second kappa shape index (κ2) is 4.64. The van der Waals surface area contributed by atoms with E-state index in [2.05, 4.69) is 0 Å². The first-order valence-electron chi connectivity index (χ1n) is 6.31. The van der Waals surface area contributed by atoms with E-state index < -0.39 is 17.1 Å². The summed E-state index contributed by atoms with van der Waals surface area (Å²) in [5.74, 6) is -1.76. The molecular formula is C14H16FNO3. The Labute approximate surface area is 110 Å². The van der Waals surface area contributed by atoms with Crippen LogP contribution in [0.3, 0.4) is 0 Å². The Balaban J connectivity index is 2.46. The first-order valence-corrected chi connectivity index (χ1v) is 6.31. The Morgan fingerprint density at radius 3 is 2.42 bits per heavy atom. The number of hydrogen-bond donors (Lipinski definition) is 1. The summed E-state index contributed by atoms with van der Waals surface area (Å²) < 4.78 is 13.8. The zero-order chi connectivity index (χ0) is 14.2. The van der Waals surface area contributed by atoms with Gasteiger partial charge in [-0.2, -0.15) is 0 Å². The average molecular weight is 265 g/mol. The number of nitrogens with zero attached hydrogens (tertiary/aromatic N) is 1. The maximum absolute atomic E-state index is 13.8. The molecule has 0 saturated carbocycles. The average Bonchev–Trinajstić information content (AvgIpc) is 2.62. The fraction of sp³-hybridized carbons (Fsp3) is 0.429. The summed E-state index contributed by atoms with van der Waals surface area (Å²) in [6.45, 7) is 3.71. The van der Waals surface area contributed by atoms with E-state index in [0.29, 0.717) is 12.8 Å². The van der Waals surface area contributed by atoms with Gasteiger partial charge in [0.05, 0.1) is 11.1 Å². The van der Waals surface area contributed by atoms with Crippen molar-refractivity contribution in [2.45, 2.75) is 33.1 Å². The Hall–Kier alpha value is -1.91. The largest absolute Gasteiger partial charge is 0.508 e. The van der Waals surface area contributed by atoms with Crippen molar-refractivity contribution in [2.75, 3.05) is 4.90 Å². The van der Waals surface area contributed by atoms with Crippen LogP contribution >= 0.6 is 0 Å². The Morgan fingerprint density at radius 1 is 1.32 bits per heavy atom. The summed E-state index contributed by atoms with van der Waals surface area (Å²) in [6.07, 6.45) is 1.20. The molecule has 0 aliphatic carbocycles. The third-order valence-electron chi connectivity index (χ3n) is 3.92. The molecular weight excluding hydrogens is 249 g/mol. The molecule has 19 heavy (non-hydrogen) atoms. The van der Waals surface area contributed by atoms with Crippen LogP contribution in [0.15, 0.2) is 18.2 Å². The number of carbonyl (C=O) groups excluding carboxylic acids is 2. The van der Waals surface area contributed by atoms with Gasteiger partial charge >= 0.3 is 0 Å². The van der Waals surface area contributed by atoms with Crippen LogP contribution in [0.1, 0.15) is 33.1 Å². The molecule has 0 aromatic heterocycles. The van der Waals surface area contributed by atoms with Gasteiger partial charge in [-0.15, -0.1) is 0 Å². The number of rotatable bonds is 3. The van der Waals surface area contributed by atoms with Crippen molar-refractivity contribution in [1.82, 2.24) is 0 Å². The number of halogens is 1. The van der Waals surface area contributed by atoms with Crippen molar-refractivity contribution in [3.63, 3.8) is 0 Å². The van der Waals surface area contributed by atoms with Gasteiger partial charge in [-0.1, -0.05) is 13.8 Å². The van der Waals surface area contributed by atoms with Crippen LogP contribution < -0.4 is 4.90 Å². The molecule has 2 rings (SSSR count). The molecule has 5 heteroatoms. The van der Waals surface area contributed by atoms with Crippen molar-refractivity contribution in [3.8, 4) is 5.75 Å². The zero-order valence-corrected chi connectivity index (χ0v) is 10.9. The molecule has 1 aromatic carbocycles. The van der Waals surface area contributed by atoms with Crippen molar-refractivity contribution in [2.24, 2.45) is 5.41 Å². The molecule has 1 aliphatic rings. The van der Waals surface area contributed by atoms with Crippen molar-refractivity contribution < 1.29 is 19.1 Å². The van der Waals surface area contributed by atoms with Crippen molar-refractivity contribution in [3.05, 3.63) is 24.0 Å². The van der Waals surface area contributed by atoms with Gasteiger partial charge in [0, 0.05) is 12.5 Å². The van der Waals surface area contributed by atoms with Gasteiger partial charge in [-0.05, 0) is 25.0 Å². The number of aromatic hydroxyl groups is 1. The van der Waals surface area contributed by atoms with E-state index in [1.165, 1.54) is 12.1 Å². The number of phenolic OH excluding ortho intramolecular Hbond substituents is 1. The first kappa shape index (κ1) is 13.5. The lowest BCUT2D eigenvalue weighted by atomic mass is 9.81. The molecule has 4 nitrogen and oxygen atoms in total. The highest BCUT2D eigenvalue weighted by Gasteiger charge is 2.50. The number of imide groups is 1. The summed E-state index contributed by atoms with van der Waals surface area (Å²) in [6, 6.07) is 3.41. The molecule has 0 spiro atoms. The van der Waals surface area contributed by atoms with Gasteiger partial charge in [-0.25, -0.2) is 9.29 Å². The van der Waals surface area contributed by atoms with Gasteiger partial charge in [0.25, 0.3) is 0 Å². The molecule has 1 fully saturated rings. The molecule has 1 heterocycles. The third-order valence-corrected chi connectivity index (χ3v) is 3.92. The minimum atomic E-state index is -0.773. The Morgan fingerprint density at radius 2 is 1.95 bits per heavy atom. The third kappa shape index (κ3) is 1.99. The van der Waals surface area contributed by atoms with E-state index in [-0.39, 0.29) is 23.8 Å². The summed E-state index contributed by atoms with van der Waals surface area (Å²) in [7, 11) is 0.